The van der Waals surface area contributed by atoms with Crippen molar-refractivity contribution in [2.24, 2.45) is 23.7 Å². The van der Waals surface area contributed by atoms with E-state index < -0.39 is 58.8 Å². The molecule has 2 fully saturated rings. The minimum absolute atomic E-state index is 0.0682. The molecule has 0 aliphatic heterocycles. The highest BCUT2D eigenvalue weighted by atomic mass is 32.1. The zero-order valence-corrected chi connectivity index (χ0v) is 15.4. The van der Waals surface area contributed by atoms with E-state index in [-0.39, 0.29) is 37.2 Å². The standard InChI is InChI=1S/C16H22N2O8S/c19-13-5-14(20)11(7-17(22)23)9(13)3-1-2-4-10-12(8-18(24)25)16(26-27)6-15(10)21/h1-2,9-12,14,16,20,27H,3-8H2/b2-1+/t9-,10-,11-,12-,14-,16-/m1/s1. The average Bonchev–Trinajstić information content (AvgIpc) is 3.00. The molecule has 0 unspecified atom stereocenters. The Bertz CT molecular complexity index is 640. The fraction of sp³-hybridized carbons (Fsp3) is 0.750. The molecule has 2 aliphatic carbocycles. The van der Waals surface area contributed by atoms with Crippen LogP contribution in [0.4, 0.5) is 0 Å². The number of allylic oxidation sites excluding steroid dienone is 2. The molecule has 2 aliphatic rings. The number of ketones is 2. The van der Waals surface area contributed by atoms with Crippen LogP contribution in [0, 0.1) is 43.9 Å². The number of aliphatic hydroxyl groups excluding tert-OH is 1. The van der Waals surface area contributed by atoms with Crippen molar-refractivity contribution >= 4 is 24.5 Å². The first kappa shape index (κ1) is 21.5. The van der Waals surface area contributed by atoms with E-state index in [2.05, 4.69) is 12.9 Å². The zero-order chi connectivity index (χ0) is 20.1. The van der Waals surface area contributed by atoms with Gasteiger partial charge in [0.05, 0.1) is 24.0 Å². The molecule has 0 saturated heterocycles. The summed E-state index contributed by atoms with van der Waals surface area (Å²) in [5, 5.41) is 31.4. The van der Waals surface area contributed by atoms with Gasteiger partial charge >= 0.3 is 0 Å². The van der Waals surface area contributed by atoms with Crippen molar-refractivity contribution in [3.63, 3.8) is 0 Å². The minimum Gasteiger partial charge on any atom is -0.392 e. The number of aliphatic hydroxyl groups is 1. The molecule has 0 amide bonds. The summed E-state index contributed by atoms with van der Waals surface area (Å²) in [6.45, 7) is -0.869. The number of carbonyl (C=O) groups is 2. The summed E-state index contributed by atoms with van der Waals surface area (Å²) in [4.78, 5) is 44.6. The number of rotatable bonds is 9. The predicted molar refractivity (Wildman–Crippen MR) is 95.2 cm³/mol. The van der Waals surface area contributed by atoms with Gasteiger partial charge in [-0.05, 0) is 25.8 Å². The third-order valence-electron chi connectivity index (χ3n) is 5.45. The number of carbonyl (C=O) groups excluding carboxylic acids is 2. The first-order chi connectivity index (χ1) is 12.7. The van der Waals surface area contributed by atoms with E-state index in [1.807, 2.05) is 0 Å². The van der Waals surface area contributed by atoms with Crippen molar-refractivity contribution in [3.05, 3.63) is 32.4 Å². The Balaban J connectivity index is 1.97. The maximum Gasteiger partial charge on any atom is 0.209 e. The summed E-state index contributed by atoms with van der Waals surface area (Å²) in [5.41, 5.74) is 0. The average molecular weight is 402 g/mol. The van der Waals surface area contributed by atoms with Gasteiger partial charge in [-0.2, -0.15) is 0 Å². The molecule has 2 saturated carbocycles. The Morgan fingerprint density at radius 1 is 1.00 bits per heavy atom. The maximum absolute atomic E-state index is 12.1. The van der Waals surface area contributed by atoms with Crippen molar-refractivity contribution in [2.45, 2.75) is 37.9 Å². The highest BCUT2D eigenvalue weighted by molar-refractivity contribution is 7.75. The van der Waals surface area contributed by atoms with Gasteiger partial charge in [0.2, 0.25) is 13.1 Å². The lowest BCUT2D eigenvalue weighted by Gasteiger charge is -2.17. The molecule has 0 bridgehead atoms. The van der Waals surface area contributed by atoms with Crippen LogP contribution in [0.2, 0.25) is 0 Å². The molecule has 150 valence electrons. The number of thiol groups is 1. The van der Waals surface area contributed by atoms with Crippen LogP contribution in [0.25, 0.3) is 0 Å². The molecule has 27 heavy (non-hydrogen) atoms. The number of hydrogen-bond donors (Lipinski definition) is 2. The van der Waals surface area contributed by atoms with E-state index in [0.717, 1.165) is 0 Å². The molecule has 0 spiro atoms. The Kier molecular flexibility index (Phi) is 7.45. The Morgan fingerprint density at radius 3 is 2.00 bits per heavy atom. The van der Waals surface area contributed by atoms with Crippen LogP contribution in [0.3, 0.4) is 0 Å². The van der Waals surface area contributed by atoms with Crippen molar-refractivity contribution in [2.75, 3.05) is 13.1 Å². The van der Waals surface area contributed by atoms with Gasteiger partial charge in [0, 0.05) is 34.5 Å². The first-order valence-electron chi connectivity index (χ1n) is 8.66. The van der Waals surface area contributed by atoms with Crippen LogP contribution in [-0.2, 0) is 13.8 Å². The largest absolute Gasteiger partial charge is 0.392 e. The number of hydrogen-bond acceptors (Lipinski definition) is 9. The molecule has 1 N–H and O–H groups in total. The van der Waals surface area contributed by atoms with E-state index in [4.69, 9.17) is 4.18 Å². The predicted octanol–water partition coefficient (Wildman–Crippen LogP) is 0.878. The second-order valence-electron chi connectivity index (χ2n) is 7.07. The lowest BCUT2D eigenvalue weighted by atomic mass is 9.89. The van der Waals surface area contributed by atoms with Gasteiger partial charge in [-0.15, -0.1) is 0 Å². The van der Waals surface area contributed by atoms with Gasteiger partial charge in [0.1, 0.15) is 11.6 Å². The molecular formula is C16H22N2O8S. The van der Waals surface area contributed by atoms with Gasteiger partial charge in [-0.3, -0.25) is 29.8 Å². The van der Waals surface area contributed by atoms with E-state index >= 15 is 0 Å². The first-order valence-corrected chi connectivity index (χ1v) is 9.03. The van der Waals surface area contributed by atoms with Gasteiger partial charge in [0.25, 0.3) is 0 Å². The molecule has 0 aromatic rings. The van der Waals surface area contributed by atoms with Gasteiger partial charge in [0.15, 0.2) is 0 Å². The fourth-order valence-electron chi connectivity index (χ4n) is 4.07. The van der Waals surface area contributed by atoms with Gasteiger partial charge in [-0.25, -0.2) is 0 Å². The number of nitro groups is 2. The normalized spacial score (nSPS) is 33.9. The molecule has 6 atom stereocenters. The maximum atomic E-state index is 12.1. The van der Waals surface area contributed by atoms with E-state index in [0.29, 0.717) is 0 Å². The van der Waals surface area contributed by atoms with Crippen molar-refractivity contribution in [1.82, 2.24) is 0 Å². The molecule has 10 nitrogen and oxygen atoms in total. The third kappa shape index (κ3) is 5.33. The molecule has 2 rings (SSSR count). The Labute approximate surface area is 160 Å². The highest BCUT2D eigenvalue weighted by Crippen LogP contribution is 2.36. The molecule has 11 heteroatoms. The van der Waals surface area contributed by atoms with Crippen LogP contribution in [0.1, 0.15) is 25.7 Å². The van der Waals surface area contributed by atoms with Gasteiger partial charge < -0.3 is 9.29 Å². The topological polar surface area (TPSA) is 150 Å². The van der Waals surface area contributed by atoms with E-state index in [1.54, 1.807) is 12.2 Å². The molecule has 0 heterocycles. The van der Waals surface area contributed by atoms with Crippen LogP contribution in [0.15, 0.2) is 12.2 Å². The second-order valence-corrected chi connectivity index (χ2v) is 7.28. The summed E-state index contributed by atoms with van der Waals surface area (Å²) in [6.07, 6.45) is 2.14. The summed E-state index contributed by atoms with van der Waals surface area (Å²) >= 11 is 3.69. The van der Waals surface area contributed by atoms with Crippen molar-refractivity contribution in [3.8, 4) is 0 Å². The Hall–Kier alpha value is -1.85. The quantitative estimate of drug-likeness (QED) is 0.190. The van der Waals surface area contributed by atoms with Crippen molar-refractivity contribution < 1.29 is 28.7 Å². The third-order valence-corrected chi connectivity index (χ3v) is 5.72. The number of Topliss-reactive ketones (excluding diaryl/α,β-unsaturated/α-hetero) is 2. The fourth-order valence-corrected chi connectivity index (χ4v) is 4.30. The lowest BCUT2D eigenvalue weighted by molar-refractivity contribution is -0.491. The van der Waals surface area contributed by atoms with E-state index in [1.165, 1.54) is 0 Å². The van der Waals surface area contributed by atoms with Crippen LogP contribution in [-0.4, -0.2) is 51.8 Å². The molecular weight excluding hydrogens is 380 g/mol. The highest BCUT2D eigenvalue weighted by Gasteiger charge is 2.45. The summed E-state index contributed by atoms with van der Waals surface area (Å²) in [7, 11) is 0. The number of nitrogens with zero attached hydrogens (tertiary/aromatic N) is 2. The molecule has 0 radical (unpaired) electrons. The van der Waals surface area contributed by atoms with Crippen LogP contribution >= 0.6 is 12.9 Å². The van der Waals surface area contributed by atoms with Gasteiger partial charge in [-0.1, -0.05) is 12.2 Å². The SMILES string of the molecule is O=C1C[C@@H](O)[C@H](C[N+](=O)[O-])[C@H]1C/C=C/C[C@H]1C(=O)C[C@@H](OS)[C@@H]1C[N+](=O)[O-]. The molecule has 0 aromatic carbocycles. The summed E-state index contributed by atoms with van der Waals surface area (Å²) in [6, 6.07) is 0. The lowest BCUT2D eigenvalue weighted by Crippen LogP contribution is -2.28. The van der Waals surface area contributed by atoms with E-state index in [9.17, 15) is 34.9 Å². The summed E-state index contributed by atoms with van der Waals surface area (Å²) in [5.74, 6) is -2.86. The smallest absolute Gasteiger partial charge is 0.209 e. The van der Waals surface area contributed by atoms with Crippen LogP contribution in [0.5, 0.6) is 0 Å². The Morgan fingerprint density at radius 2 is 1.48 bits per heavy atom. The van der Waals surface area contributed by atoms with Crippen molar-refractivity contribution in [1.29, 1.82) is 0 Å². The minimum atomic E-state index is -1.02. The summed E-state index contributed by atoms with van der Waals surface area (Å²) < 4.78 is 4.90. The monoisotopic (exact) mass is 402 g/mol. The molecule has 0 aromatic heterocycles. The second kappa shape index (κ2) is 9.38. The van der Waals surface area contributed by atoms with Crippen LogP contribution < -0.4 is 0 Å². The zero-order valence-electron chi connectivity index (χ0n) is 14.5.